The van der Waals surface area contributed by atoms with Crippen LogP contribution >= 0.6 is 22.7 Å². The van der Waals surface area contributed by atoms with Gasteiger partial charge in [-0.15, -0.1) is 22.7 Å². The standard InChI is InChI=1S/C21H20N2O3S2/c24-19(12-17-14-28-20(22-17)18-4-3-11-27-18)26-13-15-5-7-16(8-6-15)21(25)23-9-1-2-10-23/h3-8,11,14H,1-2,9-10,12-13H2. The van der Waals surface area contributed by atoms with Crippen molar-refractivity contribution in [3.05, 3.63) is 64.0 Å². The molecule has 0 N–H and O–H groups in total. The first-order chi connectivity index (χ1) is 13.7. The van der Waals surface area contributed by atoms with Gasteiger partial charge in [-0.25, -0.2) is 4.98 Å². The normalized spacial score (nSPS) is 13.6. The first kappa shape index (κ1) is 18.8. The molecule has 0 spiro atoms. The van der Waals surface area contributed by atoms with Gasteiger partial charge in [-0.2, -0.15) is 0 Å². The average molecular weight is 413 g/mol. The van der Waals surface area contributed by atoms with Crippen LogP contribution in [0.5, 0.6) is 0 Å². The Morgan fingerprint density at radius 2 is 1.86 bits per heavy atom. The highest BCUT2D eigenvalue weighted by molar-refractivity contribution is 7.20. The molecule has 2 aromatic heterocycles. The van der Waals surface area contributed by atoms with E-state index in [9.17, 15) is 9.59 Å². The fraction of sp³-hybridized carbons (Fsp3) is 0.286. The first-order valence-electron chi connectivity index (χ1n) is 9.21. The number of thiazole rings is 1. The Hall–Kier alpha value is -2.51. The van der Waals surface area contributed by atoms with Gasteiger partial charge in [0, 0.05) is 24.0 Å². The zero-order valence-corrected chi connectivity index (χ0v) is 16.9. The van der Waals surface area contributed by atoms with Gasteiger partial charge < -0.3 is 9.64 Å². The molecule has 3 aromatic rings. The minimum atomic E-state index is -0.305. The molecule has 0 bridgehead atoms. The number of aromatic nitrogens is 1. The minimum absolute atomic E-state index is 0.0751. The predicted molar refractivity (Wildman–Crippen MR) is 111 cm³/mol. The van der Waals surface area contributed by atoms with Crippen molar-refractivity contribution in [1.29, 1.82) is 0 Å². The lowest BCUT2D eigenvalue weighted by molar-refractivity contribution is -0.144. The van der Waals surface area contributed by atoms with Gasteiger partial charge in [-0.1, -0.05) is 18.2 Å². The number of carbonyl (C=O) groups is 2. The van der Waals surface area contributed by atoms with E-state index in [1.54, 1.807) is 23.5 Å². The lowest BCUT2D eigenvalue weighted by atomic mass is 10.1. The van der Waals surface area contributed by atoms with Crippen LogP contribution in [-0.2, 0) is 22.6 Å². The number of rotatable bonds is 6. The number of benzene rings is 1. The SMILES string of the molecule is O=C(Cc1csc(-c2cccs2)n1)OCc1ccc(C(=O)N2CCCC2)cc1. The van der Waals surface area contributed by atoms with Gasteiger partial charge in [0.15, 0.2) is 0 Å². The zero-order chi connectivity index (χ0) is 19.3. The Balaban J connectivity index is 1.28. The molecule has 1 saturated heterocycles. The summed E-state index contributed by atoms with van der Waals surface area (Å²) in [4.78, 5) is 32.0. The number of ether oxygens (including phenoxy) is 1. The van der Waals surface area contributed by atoms with E-state index in [2.05, 4.69) is 4.98 Å². The molecule has 0 radical (unpaired) electrons. The molecule has 3 heterocycles. The van der Waals surface area contributed by atoms with E-state index in [1.807, 2.05) is 39.9 Å². The van der Waals surface area contributed by atoms with Crippen molar-refractivity contribution in [3.63, 3.8) is 0 Å². The summed E-state index contributed by atoms with van der Waals surface area (Å²) < 4.78 is 5.37. The summed E-state index contributed by atoms with van der Waals surface area (Å²) >= 11 is 3.17. The first-order valence-corrected chi connectivity index (χ1v) is 11.0. The third-order valence-electron chi connectivity index (χ3n) is 4.60. The fourth-order valence-corrected chi connectivity index (χ4v) is 4.74. The van der Waals surface area contributed by atoms with E-state index >= 15 is 0 Å². The van der Waals surface area contributed by atoms with Crippen LogP contribution in [0.3, 0.4) is 0 Å². The van der Waals surface area contributed by atoms with Crippen LogP contribution < -0.4 is 0 Å². The summed E-state index contributed by atoms with van der Waals surface area (Å²) in [6.07, 6.45) is 2.31. The maximum Gasteiger partial charge on any atom is 0.312 e. The van der Waals surface area contributed by atoms with Gasteiger partial charge in [-0.05, 0) is 42.0 Å². The summed E-state index contributed by atoms with van der Waals surface area (Å²) in [5.41, 5.74) is 2.27. The van der Waals surface area contributed by atoms with Crippen molar-refractivity contribution in [2.24, 2.45) is 0 Å². The van der Waals surface area contributed by atoms with Gasteiger partial charge in [0.05, 0.1) is 17.0 Å². The maximum atomic E-state index is 12.4. The fourth-order valence-electron chi connectivity index (χ4n) is 3.11. The minimum Gasteiger partial charge on any atom is -0.461 e. The van der Waals surface area contributed by atoms with Crippen LogP contribution in [0.2, 0.25) is 0 Å². The number of hydrogen-bond acceptors (Lipinski definition) is 6. The molecular weight excluding hydrogens is 392 g/mol. The van der Waals surface area contributed by atoms with Gasteiger partial charge in [0.1, 0.15) is 11.6 Å². The van der Waals surface area contributed by atoms with Crippen molar-refractivity contribution in [2.45, 2.75) is 25.9 Å². The Morgan fingerprint density at radius 1 is 1.07 bits per heavy atom. The highest BCUT2D eigenvalue weighted by atomic mass is 32.1. The quantitative estimate of drug-likeness (QED) is 0.563. The van der Waals surface area contributed by atoms with E-state index in [1.165, 1.54) is 11.3 Å². The topological polar surface area (TPSA) is 59.5 Å². The van der Waals surface area contributed by atoms with Gasteiger partial charge in [0.25, 0.3) is 5.91 Å². The number of thiophene rings is 1. The van der Waals surface area contributed by atoms with E-state index < -0.39 is 0 Å². The van der Waals surface area contributed by atoms with Crippen LogP contribution in [0, 0.1) is 0 Å². The molecule has 5 nitrogen and oxygen atoms in total. The Bertz CT molecular complexity index is 942. The van der Waals surface area contributed by atoms with E-state index in [-0.39, 0.29) is 24.9 Å². The molecule has 1 aliphatic heterocycles. The van der Waals surface area contributed by atoms with Crippen molar-refractivity contribution < 1.29 is 14.3 Å². The second-order valence-corrected chi connectivity index (χ2v) is 8.46. The number of amides is 1. The van der Waals surface area contributed by atoms with Gasteiger partial charge in [0.2, 0.25) is 0 Å². The summed E-state index contributed by atoms with van der Waals surface area (Å²) in [6.45, 7) is 1.87. The highest BCUT2D eigenvalue weighted by Crippen LogP contribution is 2.28. The number of nitrogens with zero attached hydrogens (tertiary/aromatic N) is 2. The largest absolute Gasteiger partial charge is 0.461 e. The Morgan fingerprint density at radius 3 is 2.57 bits per heavy atom. The molecule has 1 amide bonds. The molecule has 1 aromatic carbocycles. The summed E-state index contributed by atoms with van der Waals surface area (Å²) in [6, 6.07) is 11.3. The van der Waals surface area contributed by atoms with Crippen LogP contribution in [-0.4, -0.2) is 34.8 Å². The molecule has 144 valence electrons. The molecule has 0 atom stereocenters. The van der Waals surface area contributed by atoms with Gasteiger partial charge >= 0.3 is 5.97 Å². The average Bonchev–Trinajstić information content (AvgIpc) is 3.48. The van der Waals surface area contributed by atoms with Crippen LogP contribution in [0.25, 0.3) is 9.88 Å². The molecule has 0 aliphatic carbocycles. The van der Waals surface area contributed by atoms with E-state index in [0.717, 1.165) is 47.1 Å². The number of hydrogen-bond donors (Lipinski definition) is 0. The number of esters is 1. The van der Waals surface area contributed by atoms with E-state index in [4.69, 9.17) is 4.74 Å². The van der Waals surface area contributed by atoms with Crippen LogP contribution in [0.15, 0.2) is 47.2 Å². The monoisotopic (exact) mass is 412 g/mol. The zero-order valence-electron chi connectivity index (χ0n) is 15.3. The number of likely N-dealkylation sites (tertiary alicyclic amines) is 1. The molecule has 0 unspecified atom stereocenters. The number of carbonyl (C=O) groups excluding carboxylic acids is 2. The molecule has 1 fully saturated rings. The summed E-state index contributed by atoms with van der Waals surface area (Å²) in [7, 11) is 0. The second-order valence-electron chi connectivity index (χ2n) is 6.65. The summed E-state index contributed by atoms with van der Waals surface area (Å²) in [5.74, 6) is -0.230. The molecule has 7 heteroatoms. The van der Waals surface area contributed by atoms with Crippen molar-refractivity contribution >= 4 is 34.6 Å². The van der Waals surface area contributed by atoms with Gasteiger partial charge in [-0.3, -0.25) is 9.59 Å². The lowest BCUT2D eigenvalue weighted by Crippen LogP contribution is -2.27. The maximum absolute atomic E-state index is 12.4. The smallest absolute Gasteiger partial charge is 0.312 e. The predicted octanol–water partition coefficient (Wildman–Crippen LogP) is 4.39. The summed E-state index contributed by atoms with van der Waals surface area (Å²) in [5, 5.41) is 4.83. The highest BCUT2D eigenvalue weighted by Gasteiger charge is 2.19. The molecule has 28 heavy (non-hydrogen) atoms. The Labute approximate surface area is 171 Å². The van der Waals surface area contributed by atoms with Crippen molar-refractivity contribution in [3.8, 4) is 9.88 Å². The van der Waals surface area contributed by atoms with Crippen molar-refractivity contribution in [1.82, 2.24) is 9.88 Å². The third kappa shape index (κ3) is 4.48. The van der Waals surface area contributed by atoms with Crippen LogP contribution in [0.1, 0.15) is 34.5 Å². The van der Waals surface area contributed by atoms with E-state index in [0.29, 0.717) is 5.56 Å². The van der Waals surface area contributed by atoms with Crippen molar-refractivity contribution in [2.75, 3.05) is 13.1 Å². The third-order valence-corrected chi connectivity index (χ3v) is 6.53. The second kappa shape index (κ2) is 8.67. The molecule has 1 aliphatic rings. The molecule has 0 saturated carbocycles. The lowest BCUT2D eigenvalue weighted by Gasteiger charge is -2.15. The molecule has 4 rings (SSSR count). The Kier molecular flexibility index (Phi) is 5.83. The molecular formula is C21H20N2O3S2. The van der Waals surface area contributed by atoms with Crippen LogP contribution in [0.4, 0.5) is 0 Å².